The van der Waals surface area contributed by atoms with Gasteiger partial charge < -0.3 is 14.7 Å². The van der Waals surface area contributed by atoms with E-state index in [4.69, 9.17) is 4.74 Å². The molecule has 0 bridgehead atoms. The van der Waals surface area contributed by atoms with E-state index in [1.807, 2.05) is 0 Å². The van der Waals surface area contributed by atoms with E-state index in [-0.39, 0.29) is 24.6 Å². The van der Waals surface area contributed by atoms with Crippen molar-refractivity contribution in [1.29, 1.82) is 0 Å². The number of carbonyl (C=O) groups excluding carboxylic acids is 1. The molecule has 1 heterocycles. The van der Waals surface area contributed by atoms with E-state index in [1.165, 1.54) is 17.0 Å². The zero-order valence-electron chi connectivity index (χ0n) is 9.60. The van der Waals surface area contributed by atoms with Crippen molar-refractivity contribution in [1.82, 2.24) is 4.90 Å². The number of hydrogen-bond donors (Lipinski definition) is 1. The largest absolute Gasteiger partial charge is 0.386 e. The first kappa shape index (κ1) is 12.9. The van der Waals surface area contributed by atoms with Gasteiger partial charge in [0.1, 0.15) is 6.61 Å². The first-order valence-electron chi connectivity index (χ1n) is 5.57. The highest BCUT2D eigenvalue weighted by Crippen LogP contribution is 2.20. The number of halogens is 2. The number of carbonyl (C=O) groups is 1. The lowest BCUT2D eigenvalue weighted by Crippen LogP contribution is -2.43. The summed E-state index contributed by atoms with van der Waals surface area (Å²) >= 11 is 0. The molecule has 0 aromatic heterocycles. The predicted octanol–water partition coefficient (Wildman–Crippen LogP) is 0.857. The van der Waals surface area contributed by atoms with E-state index >= 15 is 0 Å². The Morgan fingerprint density at radius 3 is 2.94 bits per heavy atom. The summed E-state index contributed by atoms with van der Waals surface area (Å²) in [7, 11) is 0. The lowest BCUT2D eigenvalue weighted by molar-refractivity contribution is -0.144. The summed E-state index contributed by atoms with van der Waals surface area (Å²) in [5.74, 6) is -2.36. The summed E-state index contributed by atoms with van der Waals surface area (Å²) in [6.07, 6.45) is -1.25. The molecule has 1 saturated heterocycles. The Bertz CT molecular complexity index is 453. The number of morpholine rings is 1. The molecule has 1 amide bonds. The van der Waals surface area contributed by atoms with Crippen LogP contribution >= 0.6 is 0 Å². The number of ether oxygens (including phenoxy) is 1. The Kier molecular flexibility index (Phi) is 3.88. The molecule has 1 atom stereocenters. The first-order valence-corrected chi connectivity index (χ1v) is 5.57. The number of β-amino-alcohol motifs (C(OH)–C–C–N with tert-alkyl or cyclic N) is 1. The zero-order valence-corrected chi connectivity index (χ0v) is 9.60. The van der Waals surface area contributed by atoms with Gasteiger partial charge in [-0.2, -0.15) is 0 Å². The molecule has 2 rings (SSSR count). The number of amides is 1. The highest BCUT2D eigenvalue weighted by molar-refractivity contribution is 5.78. The van der Waals surface area contributed by atoms with E-state index in [2.05, 4.69) is 0 Å². The smallest absolute Gasteiger partial charge is 0.248 e. The van der Waals surface area contributed by atoms with Gasteiger partial charge in [0.25, 0.3) is 0 Å². The van der Waals surface area contributed by atoms with Gasteiger partial charge >= 0.3 is 0 Å². The number of benzene rings is 1. The third kappa shape index (κ3) is 2.65. The maximum absolute atomic E-state index is 13.4. The van der Waals surface area contributed by atoms with Crippen molar-refractivity contribution in [2.24, 2.45) is 0 Å². The lowest BCUT2D eigenvalue weighted by atomic mass is 10.1. The Morgan fingerprint density at radius 2 is 2.22 bits per heavy atom. The molecule has 0 radical (unpaired) electrons. The Hall–Kier alpha value is -1.53. The van der Waals surface area contributed by atoms with Gasteiger partial charge in [0, 0.05) is 12.1 Å². The molecule has 4 nitrogen and oxygen atoms in total. The van der Waals surface area contributed by atoms with Gasteiger partial charge in [0.2, 0.25) is 5.91 Å². The molecule has 1 aromatic rings. The third-order valence-corrected chi connectivity index (χ3v) is 2.82. The summed E-state index contributed by atoms with van der Waals surface area (Å²) in [6, 6.07) is 3.59. The molecule has 6 heteroatoms. The molecule has 1 N–H and O–H groups in total. The summed E-state index contributed by atoms with van der Waals surface area (Å²) in [5.41, 5.74) is -0.144. The molecular formula is C12H13F2NO3. The molecule has 1 unspecified atom stereocenters. The monoisotopic (exact) mass is 257 g/mol. The van der Waals surface area contributed by atoms with Crippen LogP contribution in [0.15, 0.2) is 18.2 Å². The van der Waals surface area contributed by atoms with Crippen molar-refractivity contribution in [3.05, 3.63) is 35.4 Å². The maximum atomic E-state index is 13.4. The first-order chi connectivity index (χ1) is 8.59. The van der Waals surface area contributed by atoms with Crippen molar-refractivity contribution in [3.8, 4) is 0 Å². The minimum absolute atomic E-state index is 0.0433. The number of nitrogens with zero attached hydrogens (tertiary/aromatic N) is 1. The van der Waals surface area contributed by atoms with Crippen LogP contribution in [0, 0.1) is 11.6 Å². The molecular weight excluding hydrogens is 244 g/mol. The van der Waals surface area contributed by atoms with Gasteiger partial charge in [-0.1, -0.05) is 12.1 Å². The summed E-state index contributed by atoms with van der Waals surface area (Å²) < 4.78 is 31.4. The van der Waals surface area contributed by atoms with Gasteiger partial charge in [0.05, 0.1) is 19.3 Å². The van der Waals surface area contributed by atoms with E-state index < -0.39 is 17.7 Å². The Balaban J connectivity index is 2.09. The van der Waals surface area contributed by atoms with Crippen molar-refractivity contribution < 1.29 is 23.4 Å². The summed E-state index contributed by atoms with van der Waals surface area (Å²) in [5, 5.41) is 9.85. The molecule has 0 spiro atoms. The number of rotatable bonds is 3. The Labute approximate surface area is 103 Å². The second-order valence-electron chi connectivity index (χ2n) is 4.05. The second-order valence-corrected chi connectivity index (χ2v) is 4.05. The maximum Gasteiger partial charge on any atom is 0.248 e. The third-order valence-electron chi connectivity index (χ3n) is 2.82. The molecule has 18 heavy (non-hydrogen) atoms. The van der Waals surface area contributed by atoms with Crippen LogP contribution < -0.4 is 0 Å². The van der Waals surface area contributed by atoms with Crippen LogP contribution in [-0.2, 0) is 9.53 Å². The summed E-state index contributed by atoms with van der Waals surface area (Å²) in [4.78, 5) is 12.8. The highest BCUT2D eigenvalue weighted by Gasteiger charge is 2.24. The van der Waals surface area contributed by atoms with E-state index in [9.17, 15) is 18.7 Å². The number of hydrogen-bond acceptors (Lipinski definition) is 3. The average Bonchev–Trinajstić information content (AvgIpc) is 2.35. The van der Waals surface area contributed by atoms with Crippen molar-refractivity contribution >= 4 is 5.91 Å². The van der Waals surface area contributed by atoms with Crippen LogP contribution in [0.5, 0.6) is 0 Å². The van der Waals surface area contributed by atoms with Gasteiger partial charge in [-0.15, -0.1) is 0 Å². The standard InChI is InChI=1S/C12H13F2NO3/c13-9-3-1-2-8(12(9)14)10(16)6-15-4-5-18-7-11(15)17/h1-3,10,16H,4-7H2. The van der Waals surface area contributed by atoms with Crippen LogP contribution in [0.4, 0.5) is 8.78 Å². The number of aliphatic hydroxyl groups excluding tert-OH is 1. The SMILES string of the molecule is O=C1COCCN1CC(O)c1cccc(F)c1F. The normalized spacial score (nSPS) is 17.9. The fraction of sp³-hybridized carbons (Fsp3) is 0.417. The molecule has 0 aliphatic carbocycles. The van der Waals surface area contributed by atoms with Crippen LogP contribution in [0.25, 0.3) is 0 Å². The minimum Gasteiger partial charge on any atom is -0.386 e. The minimum atomic E-state index is -1.25. The van der Waals surface area contributed by atoms with E-state index in [1.54, 1.807) is 0 Å². The van der Waals surface area contributed by atoms with E-state index in [0.717, 1.165) is 6.07 Å². The lowest BCUT2D eigenvalue weighted by Gasteiger charge is -2.28. The average molecular weight is 257 g/mol. The van der Waals surface area contributed by atoms with Gasteiger partial charge in [-0.3, -0.25) is 4.79 Å². The summed E-state index contributed by atoms with van der Waals surface area (Å²) in [6.45, 7) is 0.609. The molecule has 98 valence electrons. The molecule has 1 aliphatic heterocycles. The van der Waals surface area contributed by atoms with Gasteiger partial charge in [-0.05, 0) is 6.07 Å². The van der Waals surface area contributed by atoms with Crippen LogP contribution in [0.2, 0.25) is 0 Å². The van der Waals surface area contributed by atoms with Gasteiger partial charge in [0.15, 0.2) is 11.6 Å². The quantitative estimate of drug-likeness (QED) is 0.873. The molecule has 0 saturated carbocycles. The second kappa shape index (κ2) is 5.41. The Morgan fingerprint density at radius 1 is 1.44 bits per heavy atom. The predicted molar refractivity (Wildman–Crippen MR) is 58.7 cm³/mol. The highest BCUT2D eigenvalue weighted by atomic mass is 19.2. The molecule has 1 aromatic carbocycles. The van der Waals surface area contributed by atoms with Crippen molar-refractivity contribution in [2.75, 3.05) is 26.3 Å². The fourth-order valence-electron chi connectivity index (χ4n) is 1.83. The zero-order chi connectivity index (χ0) is 13.1. The molecule has 1 aliphatic rings. The van der Waals surface area contributed by atoms with Crippen molar-refractivity contribution in [2.45, 2.75) is 6.10 Å². The number of aliphatic hydroxyl groups is 1. The van der Waals surface area contributed by atoms with Gasteiger partial charge in [-0.25, -0.2) is 8.78 Å². The van der Waals surface area contributed by atoms with Crippen LogP contribution in [0.3, 0.4) is 0 Å². The molecule has 1 fully saturated rings. The fourth-order valence-corrected chi connectivity index (χ4v) is 1.83. The van der Waals surface area contributed by atoms with Crippen LogP contribution in [0.1, 0.15) is 11.7 Å². The topological polar surface area (TPSA) is 49.8 Å². The van der Waals surface area contributed by atoms with E-state index in [0.29, 0.717) is 13.2 Å². The van der Waals surface area contributed by atoms with Crippen molar-refractivity contribution in [3.63, 3.8) is 0 Å². The van der Waals surface area contributed by atoms with Crippen LogP contribution in [-0.4, -0.2) is 42.2 Å².